The Hall–Kier alpha value is -2.14. The molecule has 1 aliphatic carbocycles. The molecule has 0 bridgehead atoms. The number of benzene rings is 2. The number of hydrogen-bond donors (Lipinski definition) is 2. The Morgan fingerprint density at radius 2 is 1.63 bits per heavy atom. The quantitative estimate of drug-likeness (QED) is 0.464. The summed E-state index contributed by atoms with van der Waals surface area (Å²) in [6.07, 6.45) is 8.37. The van der Waals surface area contributed by atoms with Crippen molar-refractivity contribution in [3.63, 3.8) is 0 Å². The highest BCUT2D eigenvalue weighted by atomic mass is 32.2. The molecule has 1 saturated carbocycles. The lowest BCUT2D eigenvalue weighted by Gasteiger charge is -2.43. The molecule has 0 aromatic heterocycles. The molecule has 3 rings (SSSR count). The summed E-state index contributed by atoms with van der Waals surface area (Å²) in [5.41, 5.74) is 3.14. The number of anilines is 2. The topological polar surface area (TPSA) is 58.2 Å². The van der Waals surface area contributed by atoms with Gasteiger partial charge in [0, 0.05) is 11.4 Å². The first-order valence-electron chi connectivity index (χ1n) is 11.1. The molecular weight excluding hydrogens is 392 g/mol. The minimum atomic E-state index is -1.35. The smallest absolute Gasteiger partial charge is 0.211 e. The molecule has 1 aliphatic rings. The van der Waals surface area contributed by atoms with Gasteiger partial charge in [-0.3, -0.25) is 4.79 Å². The summed E-state index contributed by atoms with van der Waals surface area (Å²) in [6, 6.07) is 15.5. The van der Waals surface area contributed by atoms with E-state index in [0.717, 1.165) is 17.5 Å². The van der Waals surface area contributed by atoms with E-state index < -0.39 is 11.0 Å². The Morgan fingerprint density at radius 1 is 1.00 bits per heavy atom. The highest BCUT2D eigenvalue weighted by molar-refractivity contribution is 7.86. The van der Waals surface area contributed by atoms with E-state index in [4.69, 9.17) is 0 Å². The molecule has 2 N–H and O–H groups in total. The molecule has 1 amide bonds. The lowest BCUT2D eigenvalue weighted by Crippen LogP contribution is -2.34. The second kappa shape index (κ2) is 10.3. The van der Waals surface area contributed by atoms with E-state index in [1.54, 1.807) is 24.3 Å². The first kappa shape index (κ1) is 22.5. The molecule has 4 atom stereocenters. The van der Waals surface area contributed by atoms with Crippen LogP contribution in [0.2, 0.25) is 0 Å². The van der Waals surface area contributed by atoms with Gasteiger partial charge in [-0.15, -0.1) is 0 Å². The standard InChI is InChI=1S/C25H34N2O2S/c1-4-6-20-15-19(5-2)16-25(3,17-20)21-7-9-23(10-8-21)27-30(29)24-13-11-22(12-14-24)26-18-28/h7-14,18-20,27H,4-6,15-17H2,1-3H3,(H,26,28). The summed E-state index contributed by atoms with van der Waals surface area (Å²) in [5.74, 6) is 1.63. The minimum absolute atomic E-state index is 0.220. The molecular formula is C25H34N2O2S. The van der Waals surface area contributed by atoms with Crippen LogP contribution in [-0.2, 0) is 21.2 Å². The van der Waals surface area contributed by atoms with Crippen molar-refractivity contribution in [3.05, 3.63) is 54.1 Å². The summed E-state index contributed by atoms with van der Waals surface area (Å²) >= 11 is 0. The maximum Gasteiger partial charge on any atom is 0.211 e. The monoisotopic (exact) mass is 426 g/mol. The third kappa shape index (κ3) is 5.51. The molecule has 0 heterocycles. The van der Waals surface area contributed by atoms with Gasteiger partial charge < -0.3 is 10.0 Å². The van der Waals surface area contributed by atoms with Crippen molar-refractivity contribution in [2.75, 3.05) is 10.0 Å². The van der Waals surface area contributed by atoms with Crippen LogP contribution in [0.15, 0.2) is 53.4 Å². The molecule has 2 aromatic carbocycles. The van der Waals surface area contributed by atoms with E-state index in [2.05, 4.69) is 42.9 Å². The fraction of sp³-hybridized carbons (Fsp3) is 0.480. The van der Waals surface area contributed by atoms with E-state index in [1.165, 1.54) is 44.1 Å². The summed E-state index contributed by atoms with van der Waals surface area (Å²) in [5, 5.41) is 2.58. The van der Waals surface area contributed by atoms with Crippen LogP contribution < -0.4 is 10.0 Å². The van der Waals surface area contributed by atoms with E-state index in [1.807, 2.05) is 12.1 Å². The van der Waals surface area contributed by atoms with Gasteiger partial charge in [-0.1, -0.05) is 52.2 Å². The summed E-state index contributed by atoms with van der Waals surface area (Å²) in [6.45, 7) is 7.04. The van der Waals surface area contributed by atoms with Gasteiger partial charge in [-0.05, 0) is 78.5 Å². The van der Waals surface area contributed by atoms with E-state index in [9.17, 15) is 9.00 Å². The number of hydrogen-bond acceptors (Lipinski definition) is 2. The summed E-state index contributed by atoms with van der Waals surface area (Å²) in [4.78, 5) is 11.2. The number of amides is 1. The van der Waals surface area contributed by atoms with Gasteiger partial charge in [-0.25, -0.2) is 4.21 Å². The van der Waals surface area contributed by atoms with Crippen LogP contribution in [0.1, 0.15) is 64.9 Å². The van der Waals surface area contributed by atoms with Gasteiger partial charge in [0.15, 0.2) is 0 Å². The lowest BCUT2D eigenvalue weighted by molar-refractivity contribution is -0.105. The first-order chi connectivity index (χ1) is 14.5. The molecule has 162 valence electrons. The normalized spacial score (nSPS) is 24.8. The van der Waals surface area contributed by atoms with E-state index in [0.29, 0.717) is 17.0 Å². The first-order valence-corrected chi connectivity index (χ1v) is 12.2. The molecule has 0 saturated heterocycles. The predicted octanol–water partition coefficient (Wildman–Crippen LogP) is 6.27. The summed E-state index contributed by atoms with van der Waals surface area (Å²) in [7, 11) is -1.35. The third-order valence-electron chi connectivity index (χ3n) is 6.51. The second-order valence-electron chi connectivity index (χ2n) is 8.87. The molecule has 0 radical (unpaired) electrons. The Labute approximate surface area is 183 Å². The van der Waals surface area contributed by atoms with Gasteiger partial charge >= 0.3 is 0 Å². The molecule has 4 unspecified atom stereocenters. The molecule has 0 spiro atoms. The van der Waals surface area contributed by atoms with Crippen molar-refractivity contribution in [2.45, 2.75) is 69.6 Å². The van der Waals surface area contributed by atoms with Gasteiger partial charge in [0.2, 0.25) is 6.41 Å². The maximum atomic E-state index is 12.6. The average Bonchev–Trinajstić information content (AvgIpc) is 2.75. The summed E-state index contributed by atoms with van der Waals surface area (Å²) < 4.78 is 15.7. The zero-order chi connectivity index (χ0) is 21.6. The number of rotatable bonds is 9. The van der Waals surface area contributed by atoms with E-state index in [-0.39, 0.29) is 5.41 Å². The van der Waals surface area contributed by atoms with Crippen LogP contribution in [0.25, 0.3) is 0 Å². The van der Waals surface area contributed by atoms with Gasteiger partial charge in [-0.2, -0.15) is 0 Å². The van der Waals surface area contributed by atoms with Gasteiger partial charge in [0.25, 0.3) is 0 Å². The minimum Gasteiger partial charge on any atom is -0.329 e. The van der Waals surface area contributed by atoms with Crippen LogP contribution in [-0.4, -0.2) is 10.6 Å². The highest BCUT2D eigenvalue weighted by Gasteiger charge is 2.37. The third-order valence-corrected chi connectivity index (χ3v) is 7.63. The average molecular weight is 427 g/mol. The highest BCUT2D eigenvalue weighted by Crippen LogP contribution is 2.46. The maximum absolute atomic E-state index is 12.6. The second-order valence-corrected chi connectivity index (χ2v) is 10.1. The molecule has 1 fully saturated rings. The lowest BCUT2D eigenvalue weighted by atomic mass is 9.62. The van der Waals surface area contributed by atoms with Crippen molar-refractivity contribution in [2.24, 2.45) is 11.8 Å². The zero-order valence-corrected chi connectivity index (χ0v) is 19.1. The van der Waals surface area contributed by atoms with Crippen LogP contribution in [0.5, 0.6) is 0 Å². The Balaban J connectivity index is 1.69. The van der Waals surface area contributed by atoms with Crippen LogP contribution in [0.3, 0.4) is 0 Å². The van der Waals surface area contributed by atoms with Crippen LogP contribution in [0.4, 0.5) is 11.4 Å². The molecule has 0 aliphatic heterocycles. The van der Waals surface area contributed by atoms with Crippen molar-refractivity contribution in [3.8, 4) is 0 Å². The Kier molecular flexibility index (Phi) is 7.70. The van der Waals surface area contributed by atoms with Crippen molar-refractivity contribution in [1.82, 2.24) is 0 Å². The van der Waals surface area contributed by atoms with Crippen LogP contribution >= 0.6 is 0 Å². The number of carbonyl (C=O) groups excluding carboxylic acids is 1. The van der Waals surface area contributed by atoms with Crippen molar-refractivity contribution in [1.29, 1.82) is 0 Å². The van der Waals surface area contributed by atoms with Gasteiger partial charge in [0.05, 0.1) is 4.90 Å². The van der Waals surface area contributed by atoms with Crippen molar-refractivity contribution < 1.29 is 9.00 Å². The van der Waals surface area contributed by atoms with Crippen LogP contribution in [0, 0.1) is 11.8 Å². The molecule has 2 aromatic rings. The molecule has 4 nitrogen and oxygen atoms in total. The Morgan fingerprint density at radius 3 is 2.23 bits per heavy atom. The largest absolute Gasteiger partial charge is 0.329 e. The predicted molar refractivity (Wildman–Crippen MR) is 126 cm³/mol. The SMILES string of the molecule is CCCC1CC(CC)CC(C)(c2ccc(NS(=O)c3ccc(NC=O)cc3)cc2)C1. The molecule has 5 heteroatoms. The fourth-order valence-corrected chi connectivity index (χ4v) is 5.87. The zero-order valence-electron chi connectivity index (χ0n) is 18.3. The Bertz CT molecular complexity index is 850. The fourth-order valence-electron chi connectivity index (χ4n) is 5.02. The number of nitrogens with one attached hydrogen (secondary N) is 2. The van der Waals surface area contributed by atoms with E-state index >= 15 is 0 Å². The molecule has 30 heavy (non-hydrogen) atoms. The van der Waals surface area contributed by atoms with Crippen molar-refractivity contribution >= 4 is 28.8 Å². The van der Waals surface area contributed by atoms with Gasteiger partial charge in [0.1, 0.15) is 11.0 Å². The number of carbonyl (C=O) groups is 1.